The van der Waals surface area contributed by atoms with Gasteiger partial charge in [0.2, 0.25) is 0 Å². The fourth-order valence-corrected chi connectivity index (χ4v) is 15.5. The van der Waals surface area contributed by atoms with Crippen molar-refractivity contribution in [1.29, 1.82) is 0 Å². The van der Waals surface area contributed by atoms with E-state index in [0.29, 0.717) is 17.3 Å². The number of hydrogen-bond acceptors (Lipinski definition) is 2. The van der Waals surface area contributed by atoms with Crippen molar-refractivity contribution in [3.63, 3.8) is 0 Å². The molecule has 1 aromatic heterocycles. The molecule has 2 nitrogen and oxygen atoms in total. The van der Waals surface area contributed by atoms with Gasteiger partial charge in [0.1, 0.15) is 11.2 Å². The van der Waals surface area contributed by atoms with Gasteiger partial charge in [0.05, 0.1) is 11.1 Å². The number of anilines is 3. The molecule has 16 rings (SSSR count). The van der Waals surface area contributed by atoms with Crippen molar-refractivity contribution in [3.05, 3.63) is 234 Å². The standard InChI is InChI=1S/C64H49NO/c1-62-37-40-33-43(38-62)63(44(34-40)39-62)55-27-9-10-28-56(55)64(53-25-7-4-20-49(53)50-21-5-8-26-54(50)64)58-36-46(31-32-57(58)63)65(59-29-13-16-41-15-2-3-19-47(41)59)45-18-12-17-42(35-45)48-23-14-24-52-51-22-6-11-30-60(51)66-61(48)52/h2-32,35-36,40,43-44H,33-34,37-39H2,1H3/t40?,43-,44+,62?,63?. The molecular formula is C64H49NO. The first-order chi connectivity index (χ1) is 32.5. The van der Waals surface area contributed by atoms with E-state index in [2.05, 4.69) is 212 Å². The van der Waals surface area contributed by atoms with Crippen LogP contribution in [0.3, 0.4) is 0 Å². The Balaban J connectivity index is 1.03. The van der Waals surface area contributed by atoms with Crippen LogP contribution in [0.25, 0.3) is 55.0 Å². The maximum atomic E-state index is 6.66. The van der Waals surface area contributed by atoms with Crippen LogP contribution in [0, 0.1) is 23.2 Å². The molecule has 1 heterocycles. The molecule has 0 radical (unpaired) electrons. The van der Waals surface area contributed by atoms with E-state index in [1.807, 2.05) is 0 Å². The predicted octanol–water partition coefficient (Wildman–Crippen LogP) is 16.7. The lowest BCUT2D eigenvalue weighted by Gasteiger charge is -2.67. The summed E-state index contributed by atoms with van der Waals surface area (Å²) < 4.78 is 6.66. The molecule has 66 heavy (non-hydrogen) atoms. The second kappa shape index (κ2) is 13.2. The maximum Gasteiger partial charge on any atom is 0.143 e. The van der Waals surface area contributed by atoms with Crippen LogP contribution in [0.4, 0.5) is 17.1 Å². The Labute approximate surface area is 386 Å². The monoisotopic (exact) mass is 847 g/mol. The van der Waals surface area contributed by atoms with Crippen molar-refractivity contribution >= 4 is 49.8 Å². The zero-order valence-electron chi connectivity index (χ0n) is 37.2. The Bertz CT molecular complexity index is 3600. The Hall–Kier alpha value is -7.16. The van der Waals surface area contributed by atoms with E-state index in [4.69, 9.17) is 4.42 Å². The highest BCUT2D eigenvalue weighted by molar-refractivity contribution is 6.10. The van der Waals surface area contributed by atoms with Crippen molar-refractivity contribution in [2.24, 2.45) is 23.2 Å². The van der Waals surface area contributed by atoms with Gasteiger partial charge >= 0.3 is 0 Å². The minimum Gasteiger partial charge on any atom is -0.455 e. The fraction of sp³-hybridized carbons (Fsp3) is 0.188. The van der Waals surface area contributed by atoms with Crippen LogP contribution in [-0.2, 0) is 10.8 Å². The minimum absolute atomic E-state index is 0.0476. The van der Waals surface area contributed by atoms with Gasteiger partial charge < -0.3 is 9.32 Å². The summed E-state index contributed by atoms with van der Waals surface area (Å²) >= 11 is 0. The van der Waals surface area contributed by atoms with Gasteiger partial charge in [-0.15, -0.1) is 0 Å². The van der Waals surface area contributed by atoms with Gasteiger partial charge in [0, 0.05) is 38.5 Å². The normalized spacial score (nSPS) is 23.6. The third-order valence-corrected chi connectivity index (χ3v) is 17.5. The van der Waals surface area contributed by atoms with Crippen LogP contribution in [0.1, 0.15) is 72.4 Å². The van der Waals surface area contributed by atoms with Crippen molar-refractivity contribution < 1.29 is 4.42 Å². The average Bonchev–Trinajstić information content (AvgIpc) is 3.88. The van der Waals surface area contributed by atoms with E-state index in [1.165, 1.54) is 87.6 Å². The lowest BCUT2D eigenvalue weighted by molar-refractivity contribution is -0.0920. The van der Waals surface area contributed by atoms with E-state index in [1.54, 1.807) is 11.1 Å². The van der Waals surface area contributed by atoms with Crippen LogP contribution in [0.15, 0.2) is 205 Å². The summed E-state index contributed by atoms with van der Waals surface area (Å²) in [6, 6.07) is 76.1. The summed E-state index contributed by atoms with van der Waals surface area (Å²) in [6.45, 7) is 2.62. The third kappa shape index (κ3) is 4.72. The van der Waals surface area contributed by atoms with Crippen molar-refractivity contribution in [2.45, 2.75) is 49.9 Å². The topological polar surface area (TPSA) is 16.4 Å². The van der Waals surface area contributed by atoms with Crippen LogP contribution in [-0.4, -0.2) is 0 Å². The van der Waals surface area contributed by atoms with E-state index in [-0.39, 0.29) is 5.41 Å². The zero-order chi connectivity index (χ0) is 43.4. The zero-order valence-corrected chi connectivity index (χ0v) is 37.2. The summed E-state index contributed by atoms with van der Waals surface area (Å²) in [6.07, 6.45) is 6.67. The summed E-state index contributed by atoms with van der Waals surface area (Å²) in [5.41, 5.74) is 19.1. The van der Waals surface area contributed by atoms with Gasteiger partial charge in [-0.3, -0.25) is 0 Å². The van der Waals surface area contributed by atoms with E-state index >= 15 is 0 Å². The minimum atomic E-state index is -0.484. The Morgan fingerprint density at radius 1 is 0.455 bits per heavy atom. The van der Waals surface area contributed by atoms with Gasteiger partial charge in [-0.2, -0.15) is 0 Å². The Morgan fingerprint density at radius 2 is 1.05 bits per heavy atom. The smallest absolute Gasteiger partial charge is 0.143 e. The van der Waals surface area contributed by atoms with Gasteiger partial charge in [0.15, 0.2) is 0 Å². The maximum absolute atomic E-state index is 6.66. The second-order valence-corrected chi connectivity index (χ2v) is 20.8. The largest absolute Gasteiger partial charge is 0.455 e. The van der Waals surface area contributed by atoms with Gasteiger partial charge in [-0.1, -0.05) is 171 Å². The Kier molecular flexibility index (Phi) is 7.44. The highest BCUT2D eigenvalue weighted by atomic mass is 16.3. The van der Waals surface area contributed by atoms with E-state index in [0.717, 1.165) is 44.7 Å². The molecule has 6 aliphatic rings. The van der Waals surface area contributed by atoms with Crippen molar-refractivity contribution in [2.75, 3.05) is 4.90 Å². The van der Waals surface area contributed by atoms with Gasteiger partial charge in [-0.05, 0) is 147 Å². The Morgan fingerprint density at radius 3 is 1.83 bits per heavy atom. The molecule has 0 saturated heterocycles. The first-order valence-corrected chi connectivity index (χ1v) is 24.3. The summed E-state index contributed by atoms with van der Waals surface area (Å²) in [4.78, 5) is 2.55. The predicted molar refractivity (Wildman–Crippen MR) is 271 cm³/mol. The van der Waals surface area contributed by atoms with Crippen LogP contribution < -0.4 is 4.90 Å². The first-order valence-electron chi connectivity index (χ1n) is 24.3. The van der Waals surface area contributed by atoms with Crippen LogP contribution in [0.2, 0.25) is 0 Å². The van der Waals surface area contributed by atoms with Crippen molar-refractivity contribution in [3.8, 4) is 22.3 Å². The summed E-state index contributed by atoms with van der Waals surface area (Å²) in [5.74, 6) is 2.04. The molecule has 3 unspecified atom stereocenters. The highest BCUT2D eigenvalue weighted by Gasteiger charge is 2.66. The molecule has 316 valence electrons. The molecule has 4 saturated carbocycles. The molecule has 10 aromatic rings. The van der Waals surface area contributed by atoms with E-state index < -0.39 is 5.41 Å². The molecule has 2 spiro atoms. The number of furan rings is 1. The number of para-hydroxylation sites is 2. The second-order valence-electron chi connectivity index (χ2n) is 20.8. The SMILES string of the molecule is CC12CC3C[C@H](C1)C1(c4ccccc4C4(c5ccccc5-c5ccccc54)c4cc(N(c5cccc(-c6cccc7c6oc6ccccc67)c5)c5cccc6ccccc56)ccc41)[C@@H](C3)C2. The molecule has 0 N–H and O–H groups in total. The number of rotatable bonds is 4. The van der Waals surface area contributed by atoms with Crippen LogP contribution >= 0.6 is 0 Å². The molecule has 2 heteroatoms. The fourth-order valence-electron chi connectivity index (χ4n) is 15.5. The first kappa shape index (κ1) is 37.1. The number of hydrogen-bond donors (Lipinski definition) is 0. The number of benzene rings is 9. The third-order valence-electron chi connectivity index (χ3n) is 17.5. The molecular weight excluding hydrogens is 799 g/mol. The van der Waals surface area contributed by atoms with Gasteiger partial charge in [-0.25, -0.2) is 0 Å². The molecule has 9 aromatic carbocycles. The number of nitrogens with zero attached hydrogens (tertiary/aromatic N) is 1. The summed E-state index contributed by atoms with van der Waals surface area (Å²) in [7, 11) is 0. The van der Waals surface area contributed by atoms with Crippen molar-refractivity contribution in [1.82, 2.24) is 0 Å². The molecule has 4 fully saturated rings. The quantitative estimate of drug-likeness (QED) is 0.175. The number of fused-ring (bicyclic) bond motifs is 13. The van der Waals surface area contributed by atoms with Gasteiger partial charge in [0.25, 0.3) is 0 Å². The van der Waals surface area contributed by atoms with Crippen LogP contribution in [0.5, 0.6) is 0 Å². The lowest BCUT2D eigenvalue weighted by Crippen LogP contribution is -2.61. The molecule has 0 aliphatic heterocycles. The molecule has 4 bridgehead atoms. The lowest BCUT2D eigenvalue weighted by atomic mass is 9.36. The average molecular weight is 848 g/mol. The van der Waals surface area contributed by atoms with E-state index in [9.17, 15) is 0 Å². The molecule has 6 aliphatic carbocycles. The molecule has 5 atom stereocenters. The highest BCUT2D eigenvalue weighted by Crippen LogP contribution is 2.73. The summed E-state index contributed by atoms with van der Waals surface area (Å²) in [5, 5.41) is 4.74. The molecule has 0 amide bonds.